The molecule has 0 N–H and O–H groups in total. The zero-order valence-corrected chi connectivity index (χ0v) is 35.4. The molecule has 0 fully saturated rings. The van der Waals surface area contributed by atoms with E-state index in [1.54, 1.807) is 12.4 Å². The first kappa shape index (κ1) is 43.1. The van der Waals surface area contributed by atoms with E-state index < -0.39 is 23.3 Å². The minimum Gasteiger partial charge on any atom is -0.487 e. The Morgan fingerprint density at radius 1 is 0.649 bits per heavy atom. The topological polar surface area (TPSA) is 58.0 Å². The molecule has 4 heterocycles. The number of para-hydroxylation sites is 1. The normalized spacial score (nSPS) is 12.5. The molecular weight excluding hydrogens is 905 g/mol. The molecule has 0 aliphatic carbocycles. The predicted molar refractivity (Wildman–Crippen MR) is 213 cm³/mol. The summed E-state index contributed by atoms with van der Waals surface area (Å²) in [5.74, 6) is -1.05. The molecule has 6 aromatic rings. The number of nitrogens with zero attached hydrogens (tertiary/aromatic N) is 6. The molecule has 0 atom stereocenters. The number of rotatable bonds is 8. The summed E-state index contributed by atoms with van der Waals surface area (Å²) < 4.78 is 56.0. The van der Waals surface area contributed by atoms with Gasteiger partial charge in [0, 0.05) is 67.2 Å². The Morgan fingerprint density at radius 2 is 1.14 bits per heavy atom. The molecule has 6 nitrogen and oxygen atoms in total. The second kappa shape index (κ2) is 18.1. The van der Waals surface area contributed by atoms with E-state index in [4.69, 9.17) is 0 Å². The predicted octanol–water partition coefficient (Wildman–Crippen LogP) is 11.1. The van der Waals surface area contributed by atoms with Gasteiger partial charge in [0.05, 0.1) is 0 Å². The average Bonchev–Trinajstić information content (AvgIpc) is 3.49. The van der Waals surface area contributed by atoms with Crippen LogP contribution in [0.4, 0.5) is 34.9 Å². The van der Waals surface area contributed by atoms with Crippen LogP contribution in [0.2, 0.25) is 0 Å². The van der Waals surface area contributed by atoms with Crippen molar-refractivity contribution < 1.29 is 37.7 Å². The molecule has 7 rings (SSSR count). The van der Waals surface area contributed by atoms with Gasteiger partial charge in [-0.25, -0.2) is 9.97 Å². The van der Waals surface area contributed by atoms with E-state index in [-0.39, 0.29) is 42.1 Å². The van der Waals surface area contributed by atoms with Crippen LogP contribution in [-0.2, 0) is 43.8 Å². The molecule has 0 spiro atoms. The van der Waals surface area contributed by atoms with Gasteiger partial charge in [-0.15, -0.1) is 36.6 Å². The van der Waals surface area contributed by atoms with Crippen molar-refractivity contribution in [3.05, 3.63) is 156 Å². The Hall–Kier alpha value is -4.99. The van der Waals surface area contributed by atoms with E-state index in [2.05, 4.69) is 79.7 Å². The van der Waals surface area contributed by atoms with Crippen molar-refractivity contribution in [3.8, 4) is 22.5 Å². The number of halogens is 4. The van der Waals surface area contributed by atoms with E-state index in [0.717, 1.165) is 76.9 Å². The third-order valence-electron chi connectivity index (χ3n) is 9.30. The minimum absolute atomic E-state index is 0. The fourth-order valence-corrected chi connectivity index (χ4v) is 6.18. The zero-order valence-electron chi connectivity index (χ0n) is 33.0. The molecule has 299 valence electrons. The van der Waals surface area contributed by atoms with Gasteiger partial charge in [-0.2, -0.15) is 30.3 Å². The number of unbranched alkanes of at least 4 members (excludes halogenated alkanes) is 1. The maximum atomic E-state index is 14.5. The number of aryl methyl sites for hydroxylation is 2. The summed E-state index contributed by atoms with van der Waals surface area (Å²) in [6.45, 7) is 14.4. The molecule has 1 aliphatic heterocycles. The first-order valence-corrected chi connectivity index (χ1v) is 18.5. The minimum atomic E-state index is -0.694. The Labute approximate surface area is 346 Å². The van der Waals surface area contributed by atoms with Crippen LogP contribution >= 0.6 is 0 Å². The quantitative estimate of drug-likeness (QED) is 0.0861. The molecule has 3 aromatic carbocycles. The Bertz CT molecular complexity index is 2190. The van der Waals surface area contributed by atoms with Crippen LogP contribution in [-0.4, -0.2) is 27.0 Å². The van der Waals surface area contributed by atoms with E-state index in [0.29, 0.717) is 24.2 Å². The number of anilines is 3. The van der Waals surface area contributed by atoms with Crippen LogP contribution in [0.3, 0.4) is 0 Å². The van der Waals surface area contributed by atoms with E-state index >= 15 is 0 Å². The summed E-state index contributed by atoms with van der Waals surface area (Å²) in [5, 5.41) is 0. The van der Waals surface area contributed by atoms with Crippen LogP contribution in [0.5, 0.6) is 0 Å². The van der Waals surface area contributed by atoms with E-state index in [1.165, 1.54) is 0 Å². The number of pyridine rings is 2. The van der Waals surface area contributed by atoms with Crippen molar-refractivity contribution in [1.29, 1.82) is 0 Å². The van der Waals surface area contributed by atoms with Crippen LogP contribution in [0.1, 0.15) is 76.9 Å². The molecule has 0 unspecified atom stereocenters. The van der Waals surface area contributed by atoms with Crippen molar-refractivity contribution in [2.24, 2.45) is 0 Å². The van der Waals surface area contributed by atoms with Gasteiger partial charge in [-0.05, 0) is 78.2 Å². The standard InChI is InChI=1S/C34H34F4N2.C12H10N4.Ir/c1-33(2,3)21-15-25(39-31(17-21)27-13-11-23(35)19-29(27)37)9-7-8-10-26-16-22(34(4,5)6)18-32(40-26)28-14-12-24(36)20-30(28)38;1-15-9-16(10-5-3-2-4-6-10)12-11(15)13-7-8-14-12;/h11-12,15-20H,7-10H2,1-6H3;2-5,7-9H,1H3;/q2*-2;. The Morgan fingerprint density at radius 3 is 1.58 bits per heavy atom. The van der Waals surface area contributed by atoms with Gasteiger partial charge >= 0.3 is 0 Å². The maximum absolute atomic E-state index is 14.5. The zero-order chi connectivity index (χ0) is 40.2. The summed E-state index contributed by atoms with van der Waals surface area (Å²) in [7, 11) is 1.95. The SMILES string of the molecule is CC(C)(C)c1cc(CCCCc2cc(C(C)(C)C)cc(-c3[c-]cc(F)cc3F)n2)nc(-c2[c-]cc(F)cc2F)c1.CN1[CH-]N(c2[c-]cccc2)c2nccnc21.[Ir]. The molecule has 1 radical (unpaired) electrons. The Kier molecular flexibility index (Phi) is 13.7. The van der Waals surface area contributed by atoms with Gasteiger partial charge in [0.15, 0.2) is 0 Å². The largest absolute Gasteiger partial charge is 0.487 e. The van der Waals surface area contributed by atoms with Crippen LogP contribution in [0.25, 0.3) is 22.5 Å². The van der Waals surface area contributed by atoms with Crippen LogP contribution in [0, 0.1) is 48.1 Å². The summed E-state index contributed by atoms with van der Waals surface area (Å²) >= 11 is 0. The maximum Gasteiger partial charge on any atom is 0.143 e. The molecule has 0 bridgehead atoms. The molecular formula is C46H44F4IrN6-4. The number of hydrogen-bond acceptors (Lipinski definition) is 6. The summed E-state index contributed by atoms with van der Waals surface area (Å²) in [6, 6.07) is 28.0. The van der Waals surface area contributed by atoms with Crippen LogP contribution < -0.4 is 9.80 Å². The monoisotopic (exact) mass is 949 g/mol. The summed E-state index contributed by atoms with van der Waals surface area (Å²) in [6.07, 6.45) is 6.30. The smallest absolute Gasteiger partial charge is 0.143 e. The molecule has 11 heteroatoms. The third kappa shape index (κ3) is 10.7. The second-order valence-electron chi connectivity index (χ2n) is 15.8. The van der Waals surface area contributed by atoms with Crippen LogP contribution in [0.15, 0.2) is 85.2 Å². The molecule has 0 amide bonds. The second-order valence-corrected chi connectivity index (χ2v) is 15.8. The molecule has 0 saturated heterocycles. The number of fused-ring (bicyclic) bond motifs is 1. The van der Waals surface area contributed by atoms with Gasteiger partial charge in [-0.3, -0.25) is 17.6 Å². The van der Waals surface area contributed by atoms with Crippen molar-refractivity contribution in [1.82, 2.24) is 19.9 Å². The van der Waals surface area contributed by atoms with Crippen molar-refractivity contribution >= 4 is 17.3 Å². The third-order valence-corrected chi connectivity index (χ3v) is 9.30. The molecule has 0 saturated carbocycles. The number of benzene rings is 3. The van der Waals surface area contributed by atoms with Gasteiger partial charge < -0.3 is 19.8 Å². The molecule has 57 heavy (non-hydrogen) atoms. The van der Waals surface area contributed by atoms with E-state index in [1.807, 2.05) is 72.0 Å². The molecule has 1 aliphatic rings. The summed E-state index contributed by atoms with van der Waals surface area (Å²) in [5.41, 5.74) is 5.39. The van der Waals surface area contributed by atoms with Gasteiger partial charge in [0.1, 0.15) is 11.6 Å². The molecule has 3 aromatic heterocycles. The van der Waals surface area contributed by atoms with E-state index in [9.17, 15) is 17.6 Å². The Balaban J connectivity index is 0.000000302. The number of aromatic nitrogens is 4. The first-order valence-electron chi connectivity index (χ1n) is 18.5. The summed E-state index contributed by atoms with van der Waals surface area (Å²) in [4.78, 5) is 21.9. The average molecular weight is 949 g/mol. The van der Waals surface area contributed by atoms with Crippen molar-refractivity contribution in [2.45, 2.75) is 78.1 Å². The van der Waals surface area contributed by atoms with Gasteiger partial charge in [0.2, 0.25) is 0 Å². The first-order chi connectivity index (χ1) is 26.6. The van der Waals surface area contributed by atoms with Crippen molar-refractivity contribution in [3.63, 3.8) is 0 Å². The fourth-order valence-electron chi connectivity index (χ4n) is 6.18. The van der Waals surface area contributed by atoms with Crippen molar-refractivity contribution in [2.75, 3.05) is 16.8 Å². The number of hydrogen-bond donors (Lipinski definition) is 0. The fraction of sp³-hybridized carbons (Fsp3) is 0.283. The van der Waals surface area contributed by atoms with Gasteiger partial charge in [-0.1, -0.05) is 76.9 Å². The van der Waals surface area contributed by atoms with Gasteiger partial charge in [0.25, 0.3) is 0 Å².